The molecule has 0 saturated carbocycles. The quantitative estimate of drug-likeness (QED) is 0.721. The predicted octanol–water partition coefficient (Wildman–Crippen LogP) is 4.29. The van der Waals surface area contributed by atoms with Crippen LogP contribution in [0.15, 0.2) is 22.7 Å². The van der Waals surface area contributed by atoms with E-state index >= 15 is 0 Å². The Bertz CT molecular complexity index is 471. The fraction of sp³-hybridized carbons (Fsp3) is 0.625. The van der Waals surface area contributed by atoms with Crippen molar-refractivity contribution >= 4 is 28.3 Å². The molecule has 0 unspecified atom stereocenters. The molecule has 1 N–H and O–H groups in total. The molecule has 2 rings (SSSR count). The Hall–Kier alpha value is -0.430. The summed E-state index contributed by atoms with van der Waals surface area (Å²) in [5.74, 6) is 1.04. The monoisotopic (exact) mass is 412 g/mol. The molecular weight excluding hydrogens is 390 g/mol. The second-order valence-electron chi connectivity index (χ2n) is 5.74. The van der Waals surface area contributed by atoms with Gasteiger partial charge in [-0.3, -0.25) is 4.90 Å². The molecule has 0 amide bonds. The molecule has 0 aliphatic carbocycles. The fourth-order valence-electron chi connectivity index (χ4n) is 2.91. The molecule has 0 atom stereocenters. The zero-order valence-corrected chi connectivity index (χ0v) is 15.6. The van der Waals surface area contributed by atoms with Gasteiger partial charge in [-0.1, -0.05) is 15.9 Å². The molecule has 1 fully saturated rings. The third kappa shape index (κ3) is 6.91. The number of nitrogens with one attached hydrogen (secondary N) is 1. The lowest BCUT2D eigenvalue weighted by atomic mass is 9.93. The second-order valence-corrected chi connectivity index (χ2v) is 6.66. The van der Waals surface area contributed by atoms with Crippen LogP contribution in [0.1, 0.15) is 24.8 Å². The van der Waals surface area contributed by atoms with Crippen molar-refractivity contribution in [3.8, 4) is 5.75 Å². The molecule has 132 valence electrons. The van der Waals surface area contributed by atoms with Gasteiger partial charge in [-0.2, -0.15) is 8.78 Å². The Morgan fingerprint density at radius 1 is 1.35 bits per heavy atom. The maximum atomic E-state index is 12.5. The summed E-state index contributed by atoms with van der Waals surface area (Å²) in [7, 11) is 1.98. The molecule has 0 spiro atoms. The first-order chi connectivity index (χ1) is 10.6. The Morgan fingerprint density at radius 2 is 2.04 bits per heavy atom. The number of halogens is 4. The highest BCUT2D eigenvalue weighted by Crippen LogP contribution is 2.28. The van der Waals surface area contributed by atoms with Crippen molar-refractivity contribution in [3.63, 3.8) is 0 Å². The number of benzene rings is 1. The van der Waals surface area contributed by atoms with E-state index in [1.54, 1.807) is 12.1 Å². The average molecular weight is 414 g/mol. The molecule has 0 aromatic heterocycles. The third-order valence-electron chi connectivity index (χ3n) is 4.14. The van der Waals surface area contributed by atoms with Crippen LogP contribution in [0, 0.1) is 5.92 Å². The van der Waals surface area contributed by atoms with Gasteiger partial charge >= 0.3 is 6.61 Å². The molecule has 1 aliphatic rings. The molecule has 3 nitrogen and oxygen atoms in total. The number of ether oxygens (including phenoxy) is 1. The van der Waals surface area contributed by atoms with Gasteiger partial charge in [0.25, 0.3) is 0 Å². The largest absolute Gasteiger partial charge is 0.434 e. The summed E-state index contributed by atoms with van der Waals surface area (Å²) in [6, 6.07) is 5.20. The molecule has 1 saturated heterocycles. The minimum Gasteiger partial charge on any atom is -0.434 e. The minimum atomic E-state index is -2.78. The molecule has 1 heterocycles. The van der Waals surface area contributed by atoms with Crippen molar-refractivity contribution in [2.75, 3.05) is 26.7 Å². The van der Waals surface area contributed by atoms with Crippen LogP contribution in [0.25, 0.3) is 0 Å². The lowest BCUT2D eigenvalue weighted by Gasteiger charge is -2.32. The summed E-state index contributed by atoms with van der Waals surface area (Å²) < 4.78 is 30.5. The van der Waals surface area contributed by atoms with E-state index in [4.69, 9.17) is 0 Å². The van der Waals surface area contributed by atoms with Crippen LogP contribution in [0.3, 0.4) is 0 Å². The molecule has 1 aromatic carbocycles. The number of likely N-dealkylation sites (tertiary alicyclic amines) is 1. The van der Waals surface area contributed by atoms with Crippen LogP contribution in [0.4, 0.5) is 8.78 Å². The van der Waals surface area contributed by atoms with Crippen LogP contribution in [-0.4, -0.2) is 38.2 Å². The van der Waals surface area contributed by atoms with E-state index in [1.165, 1.54) is 19.3 Å². The zero-order chi connectivity index (χ0) is 15.9. The van der Waals surface area contributed by atoms with Crippen molar-refractivity contribution in [3.05, 3.63) is 28.2 Å². The van der Waals surface area contributed by atoms with Gasteiger partial charge in [0.1, 0.15) is 5.75 Å². The molecule has 0 radical (unpaired) electrons. The summed E-state index contributed by atoms with van der Waals surface area (Å²) in [6.07, 6.45) is 3.54. The van der Waals surface area contributed by atoms with E-state index in [1.807, 2.05) is 13.1 Å². The summed E-state index contributed by atoms with van der Waals surface area (Å²) in [4.78, 5) is 2.32. The van der Waals surface area contributed by atoms with Crippen molar-refractivity contribution in [2.45, 2.75) is 32.4 Å². The summed E-state index contributed by atoms with van der Waals surface area (Å²) in [6.45, 7) is 0.944. The second kappa shape index (κ2) is 10.4. The van der Waals surface area contributed by atoms with Crippen LogP contribution in [0.2, 0.25) is 0 Å². The van der Waals surface area contributed by atoms with Crippen LogP contribution in [0.5, 0.6) is 5.75 Å². The van der Waals surface area contributed by atoms with Crippen LogP contribution >= 0.6 is 28.3 Å². The lowest BCUT2D eigenvalue weighted by Crippen LogP contribution is -2.34. The number of hydrogen-bond acceptors (Lipinski definition) is 3. The average Bonchev–Trinajstić information content (AvgIpc) is 2.49. The smallest absolute Gasteiger partial charge is 0.387 e. The zero-order valence-electron chi connectivity index (χ0n) is 13.2. The highest BCUT2D eigenvalue weighted by molar-refractivity contribution is 9.10. The van der Waals surface area contributed by atoms with Crippen LogP contribution in [-0.2, 0) is 6.54 Å². The molecule has 1 aliphatic heterocycles. The normalized spacial score (nSPS) is 16.4. The number of hydrogen-bond donors (Lipinski definition) is 1. The molecule has 0 bridgehead atoms. The maximum absolute atomic E-state index is 12.5. The van der Waals surface area contributed by atoms with Crippen molar-refractivity contribution < 1.29 is 13.5 Å². The van der Waals surface area contributed by atoms with E-state index in [-0.39, 0.29) is 18.2 Å². The standard InChI is InChI=1S/C16H23BrF2N2O.ClH/c1-20-7-4-12-5-8-21(9-6-12)11-13-10-14(17)2-3-15(13)22-16(18)19;/h2-3,10,12,16,20H,4-9,11H2,1H3;1H. The van der Waals surface area contributed by atoms with E-state index < -0.39 is 6.61 Å². The first-order valence-electron chi connectivity index (χ1n) is 7.68. The predicted molar refractivity (Wildman–Crippen MR) is 94.6 cm³/mol. The summed E-state index contributed by atoms with van der Waals surface area (Å²) >= 11 is 3.40. The Balaban J connectivity index is 0.00000264. The topological polar surface area (TPSA) is 24.5 Å². The first kappa shape index (κ1) is 20.6. The van der Waals surface area contributed by atoms with E-state index in [2.05, 4.69) is 30.9 Å². The van der Waals surface area contributed by atoms with Crippen molar-refractivity contribution in [1.29, 1.82) is 0 Å². The van der Waals surface area contributed by atoms with Gasteiger partial charge in [-0.15, -0.1) is 12.4 Å². The van der Waals surface area contributed by atoms with Gasteiger partial charge in [0.2, 0.25) is 0 Å². The molecule has 7 heteroatoms. The van der Waals surface area contributed by atoms with Crippen molar-refractivity contribution in [2.24, 2.45) is 5.92 Å². The van der Waals surface area contributed by atoms with Crippen molar-refractivity contribution in [1.82, 2.24) is 10.2 Å². The Morgan fingerprint density at radius 3 is 2.65 bits per heavy atom. The summed E-state index contributed by atoms with van der Waals surface area (Å²) in [5, 5.41) is 3.19. The van der Waals surface area contributed by atoms with E-state index in [0.29, 0.717) is 6.54 Å². The highest BCUT2D eigenvalue weighted by atomic mass is 79.9. The van der Waals surface area contributed by atoms with Gasteiger partial charge in [-0.05, 0) is 70.1 Å². The first-order valence-corrected chi connectivity index (χ1v) is 8.48. The fourth-order valence-corrected chi connectivity index (χ4v) is 3.31. The van der Waals surface area contributed by atoms with E-state index in [9.17, 15) is 8.78 Å². The maximum Gasteiger partial charge on any atom is 0.387 e. The number of rotatable bonds is 7. The number of alkyl halides is 2. The molecule has 1 aromatic rings. The highest BCUT2D eigenvalue weighted by Gasteiger charge is 2.20. The molecular formula is C16H24BrClF2N2O. The Kier molecular flexibility index (Phi) is 9.36. The minimum absolute atomic E-state index is 0. The molecule has 23 heavy (non-hydrogen) atoms. The number of piperidine rings is 1. The summed E-state index contributed by atoms with van der Waals surface area (Å²) in [5.41, 5.74) is 0.809. The van der Waals surface area contributed by atoms with Gasteiger partial charge in [0.15, 0.2) is 0 Å². The van der Waals surface area contributed by atoms with Gasteiger partial charge in [0.05, 0.1) is 0 Å². The SMILES string of the molecule is CNCCC1CCN(Cc2cc(Br)ccc2OC(F)F)CC1.Cl. The third-order valence-corrected chi connectivity index (χ3v) is 4.64. The lowest BCUT2D eigenvalue weighted by molar-refractivity contribution is -0.0508. The van der Waals surface area contributed by atoms with Gasteiger partial charge < -0.3 is 10.1 Å². The van der Waals surface area contributed by atoms with Crippen LogP contribution < -0.4 is 10.1 Å². The number of nitrogens with zero attached hydrogens (tertiary/aromatic N) is 1. The Labute approximate surface area is 151 Å². The van der Waals surface area contributed by atoms with E-state index in [0.717, 1.165) is 35.6 Å². The van der Waals surface area contributed by atoms with Gasteiger partial charge in [0, 0.05) is 16.6 Å². The van der Waals surface area contributed by atoms with Gasteiger partial charge in [-0.25, -0.2) is 0 Å².